The fourth-order valence-electron chi connectivity index (χ4n) is 5.15. The van der Waals surface area contributed by atoms with Crippen LogP contribution in [0.25, 0.3) is 0 Å². The van der Waals surface area contributed by atoms with Crippen molar-refractivity contribution in [3.8, 4) is 12.1 Å². The summed E-state index contributed by atoms with van der Waals surface area (Å²) < 4.78 is 28.2. The molecule has 0 amide bonds. The predicted molar refractivity (Wildman–Crippen MR) is 96.0 cm³/mol. The van der Waals surface area contributed by atoms with Crippen LogP contribution in [0, 0.1) is 53.3 Å². The second-order valence-corrected chi connectivity index (χ2v) is 9.52. The fraction of sp³-hybridized carbons (Fsp3) is 0.500. The zero-order valence-corrected chi connectivity index (χ0v) is 15.5. The van der Waals surface area contributed by atoms with Crippen molar-refractivity contribution in [2.45, 2.75) is 37.1 Å². The standard InChI is InChI=1S/C20H21N3O2S/c1-13-5-7-16(8-6-13)26(24,25)23-12-15-9-14(10-21)18(11-22)17-3-2-4-19(23)20(15)17/h5-9,15,17-20H,2-4,12H2,1H3/t15-,17-,18-,19-,20+/m0/s1. The smallest absolute Gasteiger partial charge is 0.207 e. The van der Waals surface area contributed by atoms with E-state index in [1.165, 1.54) is 0 Å². The lowest BCUT2D eigenvalue weighted by molar-refractivity contribution is 0.140. The Kier molecular flexibility index (Phi) is 4.14. The Hall–Kier alpha value is -2.15. The summed E-state index contributed by atoms with van der Waals surface area (Å²) in [6.07, 6.45) is 4.50. The molecule has 0 bridgehead atoms. The molecule has 5 atom stereocenters. The van der Waals surface area contributed by atoms with Crippen LogP contribution in [0.5, 0.6) is 0 Å². The third kappa shape index (κ3) is 2.48. The molecule has 1 saturated carbocycles. The highest BCUT2D eigenvalue weighted by Crippen LogP contribution is 2.52. The van der Waals surface area contributed by atoms with E-state index in [2.05, 4.69) is 12.1 Å². The zero-order chi connectivity index (χ0) is 18.5. The van der Waals surface area contributed by atoms with Crippen LogP contribution in [-0.2, 0) is 10.0 Å². The van der Waals surface area contributed by atoms with Gasteiger partial charge in [-0.15, -0.1) is 0 Å². The molecule has 1 aliphatic heterocycles. The van der Waals surface area contributed by atoms with Gasteiger partial charge in [-0.3, -0.25) is 0 Å². The molecule has 0 N–H and O–H groups in total. The first-order valence-corrected chi connectivity index (χ1v) is 10.5. The van der Waals surface area contributed by atoms with Gasteiger partial charge in [-0.05, 0) is 49.7 Å². The molecule has 1 saturated heterocycles. The van der Waals surface area contributed by atoms with Crippen molar-refractivity contribution < 1.29 is 8.42 Å². The molecule has 26 heavy (non-hydrogen) atoms. The average Bonchev–Trinajstić information content (AvgIpc) is 3.03. The SMILES string of the molecule is Cc1ccc(S(=O)(=O)N2C[C@@H]3C=C(C#N)[C@H](C#N)[C@@H]4CCC[C@H]2[C@@H]43)cc1. The molecule has 134 valence electrons. The molecule has 6 heteroatoms. The number of nitriles is 2. The lowest BCUT2D eigenvalue weighted by Gasteiger charge is -2.41. The van der Waals surface area contributed by atoms with Gasteiger partial charge in [0, 0.05) is 18.2 Å². The van der Waals surface area contributed by atoms with Crippen molar-refractivity contribution in [2.24, 2.45) is 23.7 Å². The van der Waals surface area contributed by atoms with Crippen LogP contribution in [0.2, 0.25) is 0 Å². The molecule has 1 aromatic carbocycles. The Morgan fingerprint density at radius 1 is 1.15 bits per heavy atom. The quantitative estimate of drug-likeness (QED) is 0.804. The van der Waals surface area contributed by atoms with E-state index in [0.717, 1.165) is 24.8 Å². The molecule has 3 aliphatic rings. The summed E-state index contributed by atoms with van der Waals surface area (Å²) in [5.74, 6) is -0.136. The summed E-state index contributed by atoms with van der Waals surface area (Å²) in [7, 11) is -3.57. The van der Waals surface area contributed by atoms with E-state index in [4.69, 9.17) is 0 Å². The van der Waals surface area contributed by atoms with Gasteiger partial charge in [-0.2, -0.15) is 14.8 Å². The Morgan fingerprint density at radius 3 is 2.54 bits per heavy atom. The Labute approximate surface area is 154 Å². The highest BCUT2D eigenvalue weighted by molar-refractivity contribution is 7.89. The minimum Gasteiger partial charge on any atom is -0.207 e. The minimum atomic E-state index is -3.57. The lowest BCUT2D eigenvalue weighted by Crippen LogP contribution is -2.44. The van der Waals surface area contributed by atoms with Crippen LogP contribution in [0.3, 0.4) is 0 Å². The molecule has 1 aromatic rings. The van der Waals surface area contributed by atoms with Gasteiger partial charge in [-0.1, -0.05) is 30.2 Å². The van der Waals surface area contributed by atoms with Gasteiger partial charge < -0.3 is 0 Å². The average molecular weight is 367 g/mol. The van der Waals surface area contributed by atoms with E-state index in [-0.39, 0.29) is 23.8 Å². The molecule has 0 spiro atoms. The lowest BCUT2D eigenvalue weighted by atomic mass is 9.62. The van der Waals surface area contributed by atoms with Gasteiger partial charge in [0.1, 0.15) is 0 Å². The van der Waals surface area contributed by atoms with E-state index in [0.29, 0.717) is 17.0 Å². The molecular weight excluding hydrogens is 346 g/mol. The number of allylic oxidation sites excluding steroid dienone is 1. The van der Waals surface area contributed by atoms with Crippen LogP contribution in [0.4, 0.5) is 0 Å². The van der Waals surface area contributed by atoms with Crippen LogP contribution < -0.4 is 0 Å². The third-order valence-corrected chi connectivity index (χ3v) is 8.19. The van der Waals surface area contributed by atoms with Crippen molar-refractivity contribution in [1.29, 1.82) is 10.5 Å². The van der Waals surface area contributed by atoms with Crippen molar-refractivity contribution >= 4 is 10.0 Å². The molecule has 1 heterocycles. The normalized spacial score (nSPS) is 33.7. The molecule has 0 unspecified atom stereocenters. The van der Waals surface area contributed by atoms with E-state index >= 15 is 0 Å². The summed E-state index contributed by atoms with van der Waals surface area (Å²) in [6.45, 7) is 2.34. The number of aryl methyl sites for hydroxylation is 1. The van der Waals surface area contributed by atoms with Gasteiger partial charge >= 0.3 is 0 Å². The maximum atomic E-state index is 13.3. The largest absolute Gasteiger partial charge is 0.243 e. The third-order valence-electron chi connectivity index (χ3n) is 6.28. The van der Waals surface area contributed by atoms with Gasteiger partial charge in [0.15, 0.2) is 0 Å². The van der Waals surface area contributed by atoms with Crippen molar-refractivity contribution in [2.75, 3.05) is 6.54 Å². The first kappa shape index (κ1) is 17.3. The number of sulfonamides is 1. The van der Waals surface area contributed by atoms with E-state index in [1.54, 1.807) is 16.4 Å². The molecule has 2 aliphatic carbocycles. The molecular formula is C20H21N3O2S. The maximum absolute atomic E-state index is 13.3. The molecule has 4 rings (SSSR count). The Bertz CT molecular complexity index is 937. The minimum absolute atomic E-state index is 0.0322. The van der Waals surface area contributed by atoms with E-state index in [9.17, 15) is 18.9 Å². The number of hydrogen-bond donors (Lipinski definition) is 0. The van der Waals surface area contributed by atoms with Gasteiger partial charge in [-0.25, -0.2) is 8.42 Å². The molecule has 0 aromatic heterocycles. The predicted octanol–water partition coefficient (Wildman–Crippen LogP) is 3.00. The van der Waals surface area contributed by atoms with Crippen LogP contribution >= 0.6 is 0 Å². The van der Waals surface area contributed by atoms with E-state index < -0.39 is 15.9 Å². The highest BCUT2D eigenvalue weighted by atomic mass is 32.2. The highest BCUT2D eigenvalue weighted by Gasteiger charge is 2.54. The summed E-state index contributed by atoms with van der Waals surface area (Å²) >= 11 is 0. The summed E-state index contributed by atoms with van der Waals surface area (Å²) in [4.78, 5) is 0.324. The first-order valence-electron chi connectivity index (χ1n) is 9.07. The van der Waals surface area contributed by atoms with Gasteiger partial charge in [0.2, 0.25) is 10.0 Å². The molecule has 2 fully saturated rings. The Morgan fingerprint density at radius 2 is 1.88 bits per heavy atom. The molecule has 5 nitrogen and oxygen atoms in total. The maximum Gasteiger partial charge on any atom is 0.243 e. The van der Waals surface area contributed by atoms with Gasteiger partial charge in [0.05, 0.1) is 23.0 Å². The fourth-order valence-corrected chi connectivity index (χ4v) is 6.87. The number of hydrogen-bond acceptors (Lipinski definition) is 4. The number of nitrogens with zero attached hydrogens (tertiary/aromatic N) is 3. The summed E-state index contributed by atoms with van der Waals surface area (Å²) in [5.41, 5.74) is 1.55. The topological polar surface area (TPSA) is 85.0 Å². The van der Waals surface area contributed by atoms with Crippen molar-refractivity contribution in [3.05, 3.63) is 41.5 Å². The summed E-state index contributed by atoms with van der Waals surface area (Å²) in [6, 6.07) is 11.4. The number of benzene rings is 1. The van der Waals surface area contributed by atoms with Crippen molar-refractivity contribution in [3.63, 3.8) is 0 Å². The van der Waals surface area contributed by atoms with Gasteiger partial charge in [0.25, 0.3) is 0 Å². The Balaban J connectivity index is 1.74. The molecule has 0 radical (unpaired) electrons. The van der Waals surface area contributed by atoms with Crippen LogP contribution in [-0.4, -0.2) is 25.3 Å². The van der Waals surface area contributed by atoms with E-state index in [1.807, 2.05) is 25.1 Å². The number of rotatable bonds is 2. The van der Waals surface area contributed by atoms with Crippen molar-refractivity contribution in [1.82, 2.24) is 4.31 Å². The second-order valence-electron chi connectivity index (χ2n) is 7.63. The summed E-state index contributed by atoms with van der Waals surface area (Å²) in [5, 5.41) is 19.0. The zero-order valence-electron chi connectivity index (χ0n) is 14.7. The second kappa shape index (κ2) is 6.23. The van der Waals surface area contributed by atoms with Crippen LogP contribution in [0.1, 0.15) is 24.8 Å². The first-order chi connectivity index (χ1) is 12.5. The monoisotopic (exact) mass is 367 g/mol. The van der Waals surface area contributed by atoms with Crippen LogP contribution in [0.15, 0.2) is 40.8 Å².